The summed E-state index contributed by atoms with van der Waals surface area (Å²) in [5.41, 5.74) is 0. The van der Waals surface area contributed by atoms with Crippen LogP contribution in [0.15, 0.2) is 0 Å². The molecule has 138 valence electrons. The molecule has 2 saturated heterocycles. The first kappa shape index (κ1) is 22.4. The van der Waals surface area contributed by atoms with E-state index in [4.69, 9.17) is 104 Å². The second-order valence-electron chi connectivity index (χ2n) is 4.61. The van der Waals surface area contributed by atoms with E-state index in [2.05, 4.69) is 0 Å². The molecule has 2 aliphatic heterocycles. The highest BCUT2D eigenvalue weighted by atomic mass is 35.6. The molecular formula is C10H10Cl6N2O2S4. The van der Waals surface area contributed by atoms with Crippen LogP contribution in [0.5, 0.6) is 0 Å². The van der Waals surface area contributed by atoms with Gasteiger partial charge in [0.05, 0.1) is 13.2 Å². The molecular weight excluding hydrogens is 521 g/mol. The Kier molecular flexibility index (Phi) is 8.50. The van der Waals surface area contributed by atoms with Gasteiger partial charge in [-0.3, -0.25) is 0 Å². The Labute approximate surface area is 188 Å². The van der Waals surface area contributed by atoms with Crippen molar-refractivity contribution in [2.45, 2.75) is 20.0 Å². The summed E-state index contributed by atoms with van der Waals surface area (Å²) in [5.74, 6) is 0. The van der Waals surface area contributed by atoms with Crippen molar-refractivity contribution >= 4 is 124 Å². The van der Waals surface area contributed by atoms with E-state index < -0.39 is 20.0 Å². The summed E-state index contributed by atoms with van der Waals surface area (Å²) >= 11 is 46.2. The fraction of sp³-hybridized carbons (Fsp3) is 0.800. The Morgan fingerprint density at radius 2 is 1.12 bits per heavy atom. The maximum Gasteiger partial charge on any atom is 0.234 e. The zero-order valence-corrected chi connectivity index (χ0v) is 19.4. The molecule has 2 aliphatic rings. The van der Waals surface area contributed by atoms with Gasteiger partial charge in [0.25, 0.3) is 0 Å². The molecule has 0 bridgehead atoms. The lowest BCUT2D eigenvalue weighted by molar-refractivity contribution is 0.0690. The Hall–Kier alpha value is 2.14. The van der Waals surface area contributed by atoms with Crippen LogP contribution in [0, 0.1) is 0 Å². The number of alkyl halides is 6. The van der Waals surface area contributed by atoms with E-state index in [-0.39, 0.29) is 0 Å². The van der Waals surface area contributed by atoms with Crippen LogP contribution >= 0.6 is 116 Å². The van der Waals surface area contributed by atoms with Crippen LogP contribution in [-0.4, -0.2) is 64.8 Å². The van der Waals surface area contributed by atoms with Gasteiger partial charge in [-0.05, 0) is 21.6 Å². The highest BCUT2D eigenvalue weighted by Gasteiger charge is 2.44. The molecule has 2 heterocycles. The van der Waals surface area contributed by atoms with Gasteiger partial charge in [-0.1, -0.05) is 94.0 Å². The highest BCUT2D eigenvalue weighted by Crippen LogP contribution is 2.41. The summed E-state index contributed by atoms with van der Waals surface area (Å²) in [5, 5.41) is 0. The van der Waals surface area contributed by atoms with E-state index in [0.717, 1.165) is 0 Å². The topological polar surface area (TPSA) is 24.9 Å². The summed E-state index contributed by atoms with van der Waals surface area (Å²) < 4.78 is 8.62. The molecule has 0 N–H and O–H groups in total. The van der Waals surface area contributed by atoms with Crippen LogP contribution < -0.4 is 0 Å². The standard InChI is InChI=1S/C10H10Cl6N2O2S4/c11-9(12,13)5-17(1-3-19-5)7(21)23-24-8(22)18-2-4-20-6(18)10(14,15)16/h5-6H,1-4H2. The van der Waals surface area contributed by atoms with Gasteiger partial charge in [0.2, 0.25) is 7.59 Å². The molecule has 0 aliphatic carbocycles. The summed E-state index contributed by atoms with van der Waals surface area (Å²) in [6, 6.07) is 0. The monoisotopic (exact) mass is 528 g/mol. The van der Waals surface area contributed by atoms with Crippen molar-refractivity contribution < 1.29 is 9.47 Å². The Morgan fingerprint density at radius 1 is 0.792 bits per heavy atom. The minimum Gasteiger partial charge on any atom is -0.352 e. The first-order valence-corrected chi connectivity index (χ1v) is 11.6. The maximum atomic E-state index is 5.91. The largest absolute Gasteiger partial charge is 0.352 e. The molecule has 2 rings (SSSR count). The lowest BCUT2D eigenvalue weighted by Gasteiger charge is -2.31. The van der Waals surface area contributed by atoms with Crippen LogP contribution in [-0.2, 0) is 9.47 Å². The van der Waals surface area contributed by atoms with Crippen LogP contribution in [0.1, 0.15) is 0 Å². The van der Waals surface area contributed by atoms with E-state index >= 15 is 0 Å². The van der Waals surface area contributed by atoms with Crippen molar-refractivity contribution in [1.29, 1.82) is 0 Å². The smallest absolute Gasteiger partial charge is 0.234 e. The molecule has 0 aromatic rings. The molecule has 24 heavy (non-hydrogen) atoms. The number of nitrogens with zero attached hydrogens (tertiary/aromatic N) is 2. The lowest BCUT2D eigenvalue weighted by Crippen LogP contribution is -2.43. The van der Waals surface area contributed by atoms with E-state index in [0.29, 0.717) is 34.9 Å². The lowest BCUT2D eigenvalue weighted by atomic mass is 10.5. The predicted octanol–water partition coefficient (Wildman–Crippen LogP) is 4.99. The fourth-order valence-corrected chi connectivity index (χ4v) is 5.80. The van der Waals surface area contributed by atoms with Gasteiger partial charge in [-0.15, -0.1) is 0 Å². The molecule has 2 fully saturated rings. The van der Waals surface area contributed by atoms with Crippen molar-refractivity contribution in [2.24, 2.45) is 0 Å². The number of ether oxygens (including phenoxy) is 2. The first-order chi connectivity index (χ1) is 11.0. The van der Waals surface area contributed by atoms with Crippen molar-refractivity contribution in [3.05, 3.63) is 0 Å². The molecule has 0 radical (unpaired) electrons. The van der Waals surface area contributed by atoms with Crippen molar-refractivity contribution in [1.82, 2.24) is 9.80 Å². The first-order valence-electron chi connectivity index (χ1n) is 6.34. The Morgan fingerprint density at radius 3 is 1.42 bits per heavy atom. The molecule has 4 nitrogen and oxygen atoms in total. The molecule has 0 spiro atoms. The van der Waals surface area contributed by atoms with Gasteiger partial charge in [0.1, 0.15) is 8.64 Å². The quantitative estimate of drug-likeness (QED) is 0.245. The third kappa shape index (κ3) is 5.82. The average Bonchev–Trinajstić information content (AvgIpc) is 3.10. The summed E-state index contributed by atoms with van der Waals surface area (Å²) in [4.78, 5) is 3.41. The molecule has 0 aromatic heterocycles. The third-order valence-electron chi connectivity index (χ3n) is 3.00. The van der Waals surface area contributed by atoms with Crippen LogP contribution in [0.4, 0.5) is 0 Å². The van der Waals surface area contributed by atoms with E-state index in [1.807, 2.05) is 0 Å². The summed E-state index contributed by atoms with van der Waals surface area (Å²) in [6.45, 7) is 1.90. The Balaban J connectivity index is 1.91. The van der Waals surface area contributed by atoms with Crippen molar-refractivity contribution in [3.63, 3.8) is 0 Å². The van der Waals surface area contributed by atoms with Crippen LogP contribution in [0.2, 0.25) is 0 Å². The molecule has 14 heteroatoms. The van der Waals surface area contributed by atoms with Crippen molar-refractivity contribution in [3.8, 4) is 0 Å². The van der Waals surface area contributed by atoms with E-state index in [1.165, 1.54) is 21.6 Å². The second-order valence-corrected chi connectivity index (χ2v) is 12.7. The van der Waals surface area contributed by atoms with E-state index in [1.54, 1.807) is 9.80 Å². The maximum absolute atomic E-state index is 5.91. The zero-order chi connectivity index (χ0) is 18.1. The van der Waals surface area contributed by atoms with Gasteiger partial charge in [-0.2, -0.15) is 0 Å². The molecule has 2 unspecified atom stereocenters. The van der Waals surface area contributed by atoms with Gasteiger partial charge in [0, 0.05) is 13.1 Å². The number of thiocarbonyl (C=S) groups is 2. The molecule has 2 atom stereocenters. The molecule has 0 aromatic carbocycles. The number of rotatable bonds is 0. The normalized spacial score (nSPS) is 25.4. The average molecular weight is 531 g/mol. The van der Waals surface area contributed by atoms with Gasteiger partial charge < -0.3 is 19.3 Å². The number of hydrogen-bond donors (Lipinski definition) is 0. The van der Waals surface area contributed by atoms with Crippen molar-refractivity contribution in [2.75, 3.05) is 26.3 Å². The fourth-order valence-electron chi connectivity index (χ4n) is 2.02. The molecule has 0 amide bonds. The van der Waals surface area contributed by atoms with Gasteiger partial charge in [0.15, 0.2) is 12.5 Å². The van der Waals surface area contributed by atoms with Gasteiger partial charge >= 0.3 is 0 Å². The SMILES string of the molecule is S=C(SSC(=S)N1CCOC1C(Cl)(Cl)Cl)N1CCOC1C(Cl)(Cl)Cl. The van der Waals surface area contributed by atoms with Crippen LogP contribution in [0.3, 0.4) is 0 Å². The molecule has 0 saturated carbocycles. The highest BCUT2D eigenvalue weighted by molar-refractivity contribution is 8.89. The van der Waals surface area contributed by atoms with Crippen LogP contribution in [0.25, 0.3) is 0 Å². The second kappa shape index (κ2) is 9.09. The number of hydrogen-bond acceptors (Lipinski definition) is 6. The minimum absolute atomic E-state index is 0.420. The predicted molar refractivity (Wildman–Crippen MR) is 114 cm³/mol. The summed E-state index contributed by atoms with van der Waals surface area (Å²) in [7, 11) is 2.50. The third-order valence-corrected chi connectivity index (χ3v) is 7.75. The number of halogens is 6. The van der Waals surface area contributed by atoms with Gasteiger partial charge in [-0.25, -0.2) is 0 Å². The summed E-state index contributed by atoms with van der Waals surface area (Å²) in [6.07, 6.45) is -1.47. The van der Waals surface area contributed by atoms with E-state index in [9.17, 15) is 0 Å². The zero-order valence-electron chi connectivity index (χ0n) is 11.6. The Bertz CT molecular complexity index is 459. The minimum atomic E-state index is -1.60.